The molecule has 0 saturated carbocycles. The Labute approximate surface area is 119 Å². The monoisotopic (exact) mass is 312 g/mol. The minimum absolute atomic E-state index is 0.0301. The van der Waals surface area contributed by atoms with E-state index in [1.165, 1.54) is 6.26 Å². The minimum atomic E-state index is -3.84. The van der Waals surface area contributed by atoms with Crippen LogP contribution in [0.4, 0.5) is 11.4 Å². The maximum atomic E-state index is 12.1. The second-order valence-corrected chi connectivity index (χ2v) is 5.75. The number of hydrogen-bond donors (Lipinski definition) is 3. The van der Waals surface area contributed by atoms with Crippen LogP contribution in [0.5, 0.6) is 0 Å². The van der Waals surface area contributed by atoms with Crippen molar-refractivity contribution in [1.82, 2.24) is 4.72 Å². The van der Waals surface area contributed by atoms with Gasteiger partial charge in [0.25, 0.3) is 5.69 Å². The Kier molecular flexibility index (Phi) is 4.21. The Morgan fingerprint density at radius 2 is 2.10 bits per heavy atom. The first-order chi connectivity index (χ1) is 9.94. The summed E-state index contributed by atoms with van der Waals surface area (Å²) in [4.78, 5) is 9.94. The van der Waals surface area contributed by atoms with E-state index in [0.29, 0.717) is 5.76 Å². The molecule has 1 aromatic heterocycles. The standard InChI is InChI=1S/C11H12N4O5S/c12-14-10-6-9(3-4-11(10)15(16)17)21(18,19)13-7-8-2-1-5-20-8/h1-6,13-14H,7,12H2. The Bertz CT molecular complexity index is 742. The number of sulfonamides is 1. The third-order valence-corrected chi connectivity index (χ3v) is 4.05. The van der Waals surface area contributed by atoms with E-state index in [1.807, 2.05) is 0 Å². The van der Waals surface area contributed by atoms with Crippen LogP contribution in [0.1, 0.15) is 5.76 Å². The summed E-state index contributed by atoms with van der Waals surface area (Å²) in [5.41, 5.74) is 1.69. The van der Waals surface area contributed by atoms with Crippen LogP contribution in [0.25, 0.3) is 0 Å². The normalized spacial score (nSPS) is 11.3. The highest BCUT2D eigenvalue weighted by Gasteiger charge is 2.20. The Balaban J connectivity index is 2.25. The summed E-state index contributed by atoms with van der Waals surface area (Å²) in [6.07, 6.45) is 1.42. The predicted molar refractivity (Wildman–Crippen MR) is 73.6 cm³/mol. The molecule has 0 radical (unpaired) electrons. The molecule has 0 aliphatic rings. The molecule has 1 aromatic carbocycles. The van der Waals surface area contributed by atoms with E-state index in [-0.39, 0.29) is 22.8 Å². The molecule has 0 fully saturated rings. The lowest BCUT2D eigenvalue weighted by atomic mass is 10.3. The molecule has 0 saturated heterocycles. The van der Waals surface area contributed by atoms with Gasteiger partial charge in [0.05, 0.1) is 22.6 Å². The van der Waals surface area contributed by atoms with Gasteiger partial charge in [0.1, 0.15) is 11.4 Å². The van der Waals surface area contributed by atoms with Crippen LogP contribution in [-0.4, -0.2) is 13.3 Å². The molecule has 0 bridgehead atoms. The predicted octanol–water partition coefficient (Wildman–Crippen LogP) is 0.952. The van der Waals surface area contributed by atoms with Crippen LogP contribution >= 0.6 is 0 Å². The number of nitro benzene ring substituents is 1. The van der Waals surface area contributed by atoms with Crippen molar-refractivity contribution in [2.45, 2.75) is 11.4 Å². The summed E-state index contributed by atoms with van der Waals surface area (Å²) in [6.45, 7) is -0.0301. The number of hydrogen-bond acceptors (Lipinski definition) is 7. The fourth-order valence-electron chi connectivity index (χ4n) is 1.62. The van der Waals surface area contributed by atoms with Crippen molar-refractivity contribution in [1.29, 1.82) is 0 Å². The first-order valence-corrected chi connectivity index (χ1v) is 7.19. The topological polar surface area (TPSA) is 140 Å². The smallest absolute Gasteiger partial charge is 0.293 e. The first kappa shape index (κ1) is 15.0. The van der Waals surface area contributed by atoms with Crippen LogP contribution < -0.4 is 16.0 Å². The highest BCUT2D eigenvalue weighted by Crippen LogP contribution is 2.26. The van der Waals surface area contributed by atoms with Gasteiger partial charge < -0.3 is 9.84 Å². The van der Waals surface area contributed by atoms with Crippen LogP contribution in [0, 0.1) is 10.1 Å². The molecule has 10 heteroatoms. The lowest BCUT2D eigenvalue weighted by Crippen LogP contribution is -2.23. The van der Waals surface area contributed by atoms with Gasteiger partial charge >= 0.3 is 0 Å². The van der Waals surface area contributed by atoms with Gasteiger partial charge in [-0.1, -0.05) is 0 Å². The fraction of sp³-hybridized carbons (Fsp3) is 0.0909. The third kappa shape index (κ3) is 3.37. The zero-order valence-corrected chi connectivity index (χ0v) is 11.5. The van der Waals surface area contributed by atoms with Gasteiger partial charge in [0.15, 0.2) is 0 Å². The van der Waals surface area contributed by atoms with Crippen LogP contribution in [0.15, 0.2) is 45.9 Å². The second kappa shape index (κ2) is 5.91. The number of furan rings is 1. The first-order valence-electron chi connectivity index (χ1n) is 5.71. The Hall–Kier alpha value is -2.43. The molecule has 9 nitrogen and oxygen atoms in total. The van der Waals surface area contributed by atoms with Crippen LogP contribution in [-0.2, 0) is 16.6 Å². The molecule has 112 valence electrons. The van der Waals surface area contributed by atoms with Crippen LogP contribution in [0.2, 0.25) is 0 Å². The number of benzene rings is 1. The number of nitro groups is 1. The highest BCUT2D eigenvalue weighted by atomic mass is 32.2. The van der Waals surface area contributed by atoms with E-state index in [2.05, 4.69) is 10.1 Å². The number of rotatable bonds is 6. The molecule has 0 spiro atoms. The molecule has 2 rings (SSSR count). The average Bonchev–Trinajstić information content (AvgIpc) is 2.97. The molecule has 0 amide bonds. The highest BCUT2D eigenvalue weighted by molar-refractivity contribution is 7.89. The van der Waals surface area contributed by atoms with Crippen molar-refractivity contribution in [2.24, 2.45) is 5.84 Å². The third-order valence-electron chi connectivity index (χ3n) is 2.65. The van der Waals surface area contributed by atoms with Crippen molar-refractivity contribution in [3.05, 3.63) is 52.5 Å². The molecule has 0 aliphatic heterocycles. The molecule has 0 atom stereocenters. The number of nitrogens with zero attached hydrogens (tertiary/aromatic N) is 1. The van der Waals surface area contributed by atoms with E-state index >= 15 is 0 Å². The average molecular weight is 312 g/mol. The van der Waals surface area contributed by atoms with Gasteiger partial charge in [-0.15, -0.1) is 0 Å². The Morgan fingerprint density at radius 3 is 2.67 bits per heavy atom. The molecule has 21 heavy (non-hydrogen) atoms. The quantitative estimate of drug-likeness (QED) is 0.409. The van der Waals surface area contributed by atoms with Crippen molar-refractivity contribution in [3.8, 4) is 0 Å². The maximum absolute atomic E-state index is 12.1. The molecule has 2 aromatic rings. The fourth-order valence-corrected chi connectivity index (χ4v) is 2.64. The SMILES string of the molecule is NNc1cc(S(=O)(=O)NCc2ccco2)ccc1[N+](=O)[O-]. The summed E-state index contributed by atoms with van der Waals surface area (Å²) < 4.78 is 31.5. The van der Waals surface area contributed by atoms with Gasteiger partial charge in [-0.3, -0.25) is 16.0 Å². The summed E-state index contributed by atoms with van der Waals surface area (Å²) in [7, 11) is -3.84. The molecular weight excluding hydrogens is 300 g/mol. The van der Waals surface area contributed by atoms with Gasteiger partial charge in [-0.2, -0.15) is 0 Å². The van der Waals surface area contributed by atoms with Crippen molar-refractivity contribution >= 4 is 21.4 Å². The molecule has 0 unspecified atom stereocenters. The lowest BCUT2D eigenvalue weighted by molar-refractivity contribution is -0.384. The molecule has 1 heterocycles. The van der Waals surface area contributed by atoms with Gasteiger partial charge in [0.2, 0.25) is 10.0 Å². The van der Waals surface area contributed by atoms with Crippen LogP contribution in [0.3, 0.4) is 0 Å². The number of hydrazine groups is 1. The summed E-state index contributed by atoms with van der Waals surface area (Å²) >= 11 is 0. The maximum Gasteiger partial charge on any atom is 0.293 e. The molecule has 4 N–H and O–H groups in total. The van der Waals surface area contributed by atoms with Gasteiger partial charge in [0, 0.05) is 6.07 Å². The van der Waals surface area contributed by atoms with Crippen molar-refractivity contribution in [3.63, 3.8) is 0 Å². The van der Waals surface area contributed by atoms with Gasteiger partial charge in [-0.25, -0.2) is 13.1 Å². The summed E-state index contributed by atoms with van der Waals surface area (Å²) in [6, 6.07) is 6.53. The number of nitrogens with two attached hydrogens (primary N) is 1. The van der Waals surface area contributed by atoms with Crippen molar-refractivity contribution in [2.75, 3.05) is 5.43 Å². The van der Waals surface area contributed by atoms with E-state index in [0.717, 1.165) is 18.2 Å². The van der Waals surface area contributed by atoms with Gasteiger partial charge in [-0.05, 0) is 24.3 Å². The van der Waals surface area contributed by atoms with Crippen molar-refractivity contribution < 1.29 is 17.8 Å². The zero-order chi connectivity index (χ0) is 15.5. The minimum Gasteiger partial charge on any atom is -0.468 e. The summed E-state index contributed by atoms with van der Waals surface area (Å²) in [5, 5.41) is 10.8. The largest absolute Gasteiger partial charge is 0.468 e. The number of nitrogens with one attached hydrogen (secondary N) is 2. The zero-order valence-electron chi connectivity index (χ0n) is 10.6. The second-order valence-electron chi connectivity index (χ2n) is 3.98. The lowest BCUT2D eigenvalue weighted by Gasteiger charge is -2.08. The summed E-state index contributed by atoms with van der Waals surface area (Å²) in [5.74, 6) is 5.61. The number of nitrogen functional groups attached to an aromatic ring is 1. The molecular formula is C11H12N4O5S. The van der Waals surface area contributed by atoms with E-state index < -0.39 is 14.9 Å². The number of anilines is 1. The molecule has 0 aliphatic carbocycles. The van der Waals surface area contributed by atoms with E-state index in [9.17, 15) is 18.5 Å². The Morgan fingerprint density at radius 1 is 1.33 bits per heavy atom. The van der Waals surface area contributed by atoms with E-state index in [1.54, 1.807) is 12.1 Å². The van der Waals surface area contributed by atoms with E-state index in [4.69, 9.17) is 10.3 Å².